The Morgan fingerprint density at radius 3 is 2.58 bits per heavy atom. The minimum atomic E-state index is -3.49. The maximum absolute atomic E-state index is 11.4. The molecule has 0 bridgehead atoms. The number of rotatable bonds is 6. The zero-order chi connectivity index (χ0) is 14.6. The summed E-state index contributed by atoms with van der Waals surface area (Å²) in [5.41, 5.74) is -0.0638. The molecule has 7 nitrogen and oxygen atoms in total. The molecule has 0 saturated heterocycles. The summed E-state index contributed by atoms with van der Waals surface area (Å²) in [4.78, 5) is 10.2. The SMILES string of the molecule is CC(CCO)Nc1ccc(S(C)(=O)=O)cc1[N+](=O)[O-]. The molecule has 106 valence electrons. The van der Waals surface area contributed by atoms with Crippen molar-refractivity contribution in [2.75, 3.05) is 18.2 Å². The van der Waals surface area contributed by atoms with Crippen molar-refractivity contribution in [2.24, 2.45) is 0 Å². The first-order valence-electron chi connectivity index (χ1n) is 5.61. The molecular weight excluding hydrogens is 272 g/mol. The fraction of sp³-hybridized carbons (Fsp3) is 0.455. The third-order valence-corrected chi connectivity index (χ3v) is 3.67. The van der Waals surface area contributed by atoms with Crippen LogP contribution < -0.4 is 5.32 Å². The van der Waals surface area contributed by atoms with Crippen molar-refractivity contribution in [3.8, 4) is 0 Å². The first-order valence-corrected chi connectivity index (χ1v) is 7.50. The molecule has 1 unspecified atom stereocenters. The van der Waals surface area contributed by atoms with E-state index in [-0.39, 0.29) is 28.9 Å². The molecule has 0 spiro atoms. The predicted octanol–water partition coefficient (Wildman–Crippen LogP) is 1.18. The van der Waals surface area contributed by atoms with Crippen molar-refractivity contribution in [1.29, 1.82) is 0 Å². The lowest BCUT2D eigenvalue weighted by Crippen LogP contribution is -2.17. The van der Waals surface area contributed by atoms with Gasteiger partial charge in [-0.1, -0.05) is 0 Å². The molecule has 0 amide bonds. The molecule has 19 heavy (non-hydrogen) atoms. The largest absolute Gasteiger partial charge is 0.396 e. The van der Waals surface area contributed by atoms with Crippen LogP contribution >= 0.6 is 0 Å². The first-order chi connectivity index (χ1) is 8.75. The van der Waals surface area contributed by atoms with Gasteiger partial charge in [-0.05, 0) is 25.5 Å². The second-order valence-electron chi connectivity index (χ2n) is 4.27. The number of nitro benzene ring substituents is 1. The van der Waals surface area contributed by atoms with E-state index in [4.69, 9.17) is 5.11 Å². The molecule has 1 aromatic carbocycles. The quantitative estimate of drug-likeness (QED) is 0.601. The number of sulfone groups is 1. The minimum absolute atomic E-state index is 0.0383. The van der Waals surface area contributed by atoms with Gasteiger partial charge in [-0.25, -0.2) is 8.42 Å². The van der Waals surface area contributed by atoms with Crippen molar-refractivity contribution in [1.82, 2.24) is 0 Å². The molecule has 0 aromatic heterocycles. The molecule has 2 N–H and O–H groups in total. The maximum Gasteiger partial charge on any atom is 0.293 e. The van der Waals surface area contributed by atoms with Crippen molar-refractivity contribution in [3.63, 3.8) is 0 Å². The van der Waals surface area contributed by atoms with Gasteiger partial charge in [0.15, 0.2) is 9.84 Å². The van der Waals surface area contributed by atoms with Crippen LogP contribution in [0.5, 0.6) is 0 Å². The van der Waals surface area contributed by atoms with Crippen LogP contribution in [-0.2, 0) is 9.84 Å². The van der Waals surface area contributed by atoms with Crippen LogP contribution in [0.3, 0.4) is 0 Å². The third-order valence-electron chi connectivity index (χ3n) is 2.56. The monoisotopic (exact) mass is 288 g/mol. The van der Waals surface area contributed by atoms with Crippen LogP contribution in [0.25, 0.3) is 0 Å². The number of hydrogen-bond acceptors (Lipinski definition) is 6. The number of aliphatic hydroxyl groups is 1. The molecule has 1 atom stereocenters. The Bertz CT molecular complexity index is 570. The second kappa shape index (κ2) is 5.98. The van der Waals surface area contributed by atoms with Gasteiger partial charge in [-0.2, -0.15) is 0 Å². The van der Waals surface area contributed by atoms with E-state index in [1.165, 1.54) is 12.1 Å². The summed E-state index contributed by atoms with van der Waals surface area (Å²) in [6.07, 6.45) is 1.43. The Morgan fingerprint density at radius 2 is 2.11 bits per heavy atom. The van der Waals surface area contributed by atoms with Crippen LogP contribution in [0, 0.1) is 10.1 Å². The average Bonchev–Trinajstić information content (AvgIpc) is 2.27. The van der Waals surface area contributed by atoms with Gasteiger partial charge >= 0.3 is 0 Å². The van der Waals surface area contributed by atoms with Crippen molar-refractivity contribution >= 4 is 21.2 Å². The highest BCUT2D eigenvalue weighted by atomic mass is 32.2. The summed E-state index contributed by atoms with van der Waals surface area (Å²) in [6, 6.07) is 3.55. The summed E-state index contributed by atoms with van der Waals surface area (Å²) in [5, 5.41) is 22.6. The van der Waals surface area contributed by atoms with E-state index < -0.39 is 14.8 Å². The maximum atomic E-state index is 11.4. The molecule has 0 aliphatic rings. The van der Waals surface area contributed by atoms with E-state index in [0.29, 0.717) is 6.42 Å². The normalized spacial score (nSPS) is 13.0. The van der Waals surface area contributed by atoms with E-state index in [1.807, 2.05) is 0 Å². The Morgan fingerprint density at radius 1 is 1.47 bits per heavy atom. The fourth-order valence-corrected chi connectivity index (χ4v) is 2.19. The number of anilines is 1. The van der Waals surface area contributed by atoms with E-state index in [2.05, 4.69) is 5.32 Å². The molecule has 0 radical (unpaired) electrons. The van der Waals surface area contributed by atoms with E-state index in [1.54, 1.807) is 6.92 Å². The van der Waals surface area contributed by atoms with E-state index in [9.17, 15) is 18.5 Å². The number of hydrogen-bond donors (Lipinski definition) is 2. The standard InChI is InChI=1S/C11H16N2O5S/c1-8(5-6-14)12-10-4-3-9(19(2,17)18)7-11(10)13(15)16/h3-4,7-8,12,14H,5-6H2,1-2H3. The highest BCUT2D eigenvalue weighted by Crippen LogP contribution is 2.28. The number of aliphatic hydroxyl groups excluding tert-OH is 1. The molecule has 0 saturated carbocycles. The van der Waals surface area contributed by atoms with Crippen LogP contribution in [0.1, 0.15) is 13.3 Å². The molecule has 8 heteroatoms. The van der Waals surface area contributed by atoms with Gasteiger partial charge in [0.05, 0.1) is 9.82 Å². The predicted molar refractivity (Wildman–Crippen MR) is 71.0 cm³/mol. The molecule has 1 rings (SSSR count). The van der Waals surface area contributed by atoms with E-state index >= 15 is 0 Å². The minimum Gasteiger partial charge on any atom is -0.396 e. The summed E-state index contributed by atoms with van der Waals surface area (Å²) in [7, 11) is -3.49. The molecular formula is C11H16N2O5S. The smallest absolute Gasteiger partial charge is 0.293 e. The topological polar surface area (TPSA) is 110 Å². The third kappa shape index (κ3) is 4.18. The van der Waals surface area contributed by atoms with Crippen LogP contribution in [-0.4, -0.2) is 37.4 Å². The van der Waals surface area contributed by atoms with Crippen molar-refractivity contribution in [2.45, 2.75) is 24.3 Å². The van der Waals surface area contributed by atoms with Crippen molar-refractivity contribution < 1.29 is 18.4 Å². The molecule has 0 aliphatic carbocycles. The number of nitrogens with zero attached hydrogens (tertiary/aromatic N) is 1. The van der Waals surface area contributed by atoms with Crippen LogP contribution in [0.2, 0.25) is 0 Å². The highest BCUT2D eigenvalue weighted by Gasteiger charge is 2.19. The molecule has 0 fully saturated rings. The first kappa shape index (κ1) is 15.4. The Hall–Kier alpha value is -1.67. The summed E-state index contributed by atoms with van der Waals surface area (Å²) < 4.78 is 22.7. The van der Waals surface area contributed by atoms with Gasteiger partial charge in [0.25, 0.3) is 5.69 Å². The average molecular weight is 288 g/mol. The van der Waals surface area contributed by atoms with Gasteiger partial charge in [-0.3, -0.25) is 10.1 Å². The van der Waals surface area contributed by atoms with Gasteiger partial charge in [0, 0.05) is 25.0 Å². The van der Waals surface area contributed by atoms with Crippen LogP contribution in [0.4, 0.5) is 11.4 Å². The lowest BCUT2D eigenvalue weighted by molar-refractivity contribution is -0.384. The molecule has 1 aromatic rings. The van der Waals surface area contributed by atoms with Gasteiger partial charge in [0.1, 0.15) is 5.69 Å². The summed E-state index contributed by atoms with van der Waals surface area (Å²) in [5.74, 6) is 0. The molecule has 0 heterocycles. The zero-order valence-electron chi connectivity index (χ0n) is 10.7. The summed E-state index contributed by atoms with van der Waals surface area (Å²) >= 11 is 0. The Balaban J connectivity index is 3.16. The lowest BCUT2D eigenvalue weighted by atomic mass is 10.2. The van der Waals surface area contributed by atoms with Gasteiger partial charge in [-0.15, -0.1) is 0 Å². The Kier molecular flexibility index (Phi) is 4.84. The summed E-state index contributed by atoms with van der Waals surface area (Å²) in [6.45, 7) is 1.73. The molecule has 0 aliphatic heterocycles. The highest BCUT2D eigenvalue weighted by molar-refractivity contribution is 7.90. The number of nitro groups is 1. The van der Waals surface area contributed by atoms with Gasteiger partial charge < -0.3 is 10.4 Å². The van der Waals surface area contributed by atoms with Crippen molar-refractivity contribution in [3.05, 3.63) is 28.3 Å². The van der Waals surface area contributed by atoms with E-state index in [0.717, 1.165) is 12.3 Å². The fourth-order valence-electron chi connectivity index (χ4n) is 1.55. The zero-order valence-corrected chi connectivity index (χ0v) is 11.5. The second-order valence-corrected chi connectivity index (χ2v) is 6.28. The lowest BCUT2D eigenvalue weighted by Gasteiger charge is -2.14. The number of nitrogens with one attached hydrogen (secondary N) is 1. The van der Waals surface area contributed by atoms with Gasteiger partial charge in [0.2, 0.25) is 0 Å². The van der Waals surface area contributed by atoms with Crippen LogP contribution in [0.15, 0.2) is 23.1 Å². The number of benzene rings is 1. The Labute approximate surface area is 111 Å².